The van der Waals surface area contributed by atoms with Crippen molar-refractivity contribution >= 4 is 22.5 Å². The van der Waals surface area contributed by atoms with Gasteiger partial charge in [-0.05, 0) is 49.1 Å². The summed E-state index contributed by atoms with van der Waals surface area (Å²) in [4.78, 5) is 0. The standard InChI is InChI=1S/C16H18ClN/c17-15-3-1-2-12-6-7-18(16(12)15)10-14-9-11-4-5-13(14)8-11/h1-3,6-7,11,13-14H,4-5,8-10H2. The molecule has 0 saturated heterocycles. The van der Waals surface area contributed by atoms with Gasteiger partial charge in [0.2, 0.25) is 0 Å². The number of rotatable bonds is 2. The second kappa shape index (κ2) is 4.03. The fourth-order valence-corrected chi connectivity index (χ4v) is 4.51. The highest BCUT2D eigenvalue weighted by atomic mass is 35.5. The molecule has 2 saturated carbocycles. The number of fused-ring (bicyclic) bond motifs is 3. The fourth-order valence-electron chi connectivity index (χ4n) is 4.22. The number of benzene rings is 1. The minimum atomic E-state index is 0.885. The van der Waals surface area contributed by atoms with Gasteiger partial charge in [-0.2, -0.15) is 0 Å². The largest absolute Gasteiger partial charge is 0.346 e. The first-order valence-electron chi connectivity index (χ1n) is 7.04. The van der Waals surface area contributed by atoms with Gasteiger partial charge >= 0.3 is 0 Å². The van der Waals surface area contributed by atoms with E-state index in [0.29, 0.717) is 0 Å². The van der Waals surface area contributed by atoms with E-state index >= 15 is 0 Å². The van der Waals surface area contributed by atoms with Crippen LogP contribution < -0.4 is 0 Å². The smallest absolute Gasteiger partial charge is 0.0669 e. The predicted molar refractivity (Wildman–Crippen MR) is 75.9 cm³/mol. The molecule has 2 bridgehead atoms. The zero-order valence-electron chi connectivity index (χ0n) is 10.5. The number of hydrogen-bond donors (Lipinski definition) is 0. The van der Waals surface area contributed by atoms with Crippen LogP contribution in [0.15, 0.2) is 30.5 Å². The monoisotopic (exact) mass is 259 g/mol. The molecule has 1 nitrogen and oxygen atoms in total. The van der Waals surface area contributed by atoms with Crippen molar-refractivity contribution in [2.75, 3.05) is 0 Å². The molecule has 94 valence electrons. The highest BCUT2D eigenvalue weighted by Gasteiger charge is 2.39. The molecule has 0 aliphatic heterocycles. The van der Waals surface area contributed by atoms with E-state index in [0.717, 1.165) is 29.3 Å². The zero-order valence-corrected chi connectivity index (χ0v) is 11.2. The lowest BCUT2D eigenvalue weighted by Gasteiger charge is -2.22. The van der Waals surface area contributed by atoms with Crippen LogP contribution in [0.25, 0.3) is 10.9 Å². The van der Waals surface area contributed by atoms with Gasteiger partial charge in [-0.25, -0.2) is 0 Å². The molecule has 0 N–H and O–H groups in total. The molecule has 4 rings (SSSR count). The van der Waals surface area contributed by atoms with Crippen molar-refractivity contribution in [1.29, 1.82) is 0 Å². The molecular weight excluding hydrogens is 242 g/mol. The molecule has 1 heterocycles. The van der Waals surface area contributed by atoms with Crippen LogP contribution in [0.2, 0.25) is 5.02 Å². The van der Waals surface area contributed by atoms with Crippen molar-refractivity contribution in [1.82, 2.24) is 4.57 Å². The van der Waals surface area contributed by atoms with Gasteiger partial charge < -0.3 is 4.57 Å². The van der Waals surface area contributed by atoms with Gasteiger partial charge in [-0.15, -0.1) is 0 Å². The molecule has 2 aliphatic rings. The van der Waals surface area contributed by atoms with Crippen molar-refractivity contribution in [3.8, 4) is 0 Å². The van der Waals surface area contributed by atoms with Crippen LogP contribution in [0.5, 0.6) is 0 Å². The predicted octanol–water partition coefficient (Wildman–Crippen LogP) is 4.73. The molecule has 1 aromatic heterocycles. The molecule has 3 atom stereocenters. The van der Waals surface area contributed by atoms with Crippen molar-refractivity contribution in [3.05, 3.63) is 35.5 Å². The van der Waals surface area contributed by atoms with E-state index in [1.807, 2.05) is 12.1 Å². The lowest BCUT2D eigenvalue weighted by molar-refractivity contribution is 0.299. The second-order valence-electron chi connectivity index (χ2n) is 6.08. The summed E-state index contributed by atoms with van der Waals surface area (Å²) in [5.41, 5.74) is 1.22. The van der Waals surface area contributed by atoms with Gasteiger partial charge in [0, 0.05) is 18.1 Å². The molecule has 3 unspecified atom stereocenters. The molecule has 2 heteroatoms. The van der Waals surface area contributed by atoms with Crippen LogP contribution in [0.1, 0.15) is 25.7 Å². The molecule has 0 amide bonds. The topological polar surface area (TPSA) is 4.93 Å². The van der Waals surface area contributed by atoms with Gasteiger partial charge in [0.05, 0.1) is 10.5 Å². The van der Waals surface area contributed by atoms with Gasteiger partial charge in [0.15, 0.2) is 0 Å². The van der Waals surface area contributed by atoms with E-state index in [-0.39, 0.29) is 0 Å². The van der Waals surface area contributed by atoms with E-state index in [9.17, 15) is 0 Å². The Morgan fingerprint density at radius 1 is 1.17 bits per heavy atom. The molecule has 2 aromatic rings. The third kappa shape index (κ3) is 1.60. The first-order valence-corrected chi connectivity index (χ1v) is 7.42. The Kier molecular flexibility index (Phi) is 2.44. The first kappa shape index (κ1) is 10.9. The van der Waals surface area contributed by atoms with Crippen LogP contribution in [-0.2, 0) is 6.54 Å². The maximum absolute atomic E-state index is 6.35. The average Bonchev–Trinajstić information content (AvgIpc) is 3.05. The first-order chi connectivity index (χ1) is 8.81. The minimum absolute atomic E-state index is 0.885. The maximum atomic E-state index is 6.35. The van der Waals surface area contributed by atoms with Crippen LogP contribution >= 0.6 is 11.6 Å². The number of nitrogens with zero attached hydrogens (tertiary/aromatic N) is 1. The van der Waals surface area contributed by atoms with Crippen molar-refractivity contribution in [3.63, 3.8) is 0 Å². The second-order valence-corrected chi connectivity index (χ2v) is 6.49. The van der Waals surface area contributed by atoms with E-state index in [2.05, 4.69) is 22.9 Å². The minimum Gasteiger partial charge on any atom is -0.346 e. The quantitative estimate of drug-likeness (QED) is 0.735. The maximum Gasteiger partial charge on any atom is 0.0669 e. The summed E-state index contributed by atoms with van der Waals surface area (Å²) in [6.07, 6.45) is 8.07. The molecule has 1 aromatic carbocycles. The third-order valence-electron chi connectivity index (χ3n) is 5.05. The fraction of sp³-hybridized carbons (Fsp3) is 0.500. The Labute approximate surface area is 113 Å². The Hall–Kier alpha value is -0.950. The number of halogens is 1. The lowest BCUT2D eigenvalue weighted by Crippen LogP contribution is -2.16. The Bertz CT molecular complexity index is 586. The summed E-state index contributed by atoms with van der Waals surface area (Å²) >= 11 is 6.35. The van der Waals surface area contributed by atoms with Crippen LogP contribution in [-0.4, -0.2) is 4.57 Å². The summed E-state index contributed by atoms with van der Waals surface area (Å²) in [6.45, 7) is 1.16. The van der Waals surface area contributed by atoms with Crippen LogP contribution in [0.4, 0.5) is 0 Å². The van der Waals surface area contributed by atoms with Crippen LogP contribution in [0, 0.1) is 17.8 Å². The van der Waals surface area contributed by atoms with Crippen LogP contribution in [0.3, 0.4) is 0 Å². The molecule has 2 fully saturated rings. The lowest BCUT2D eigenvalue weighted by atomic mass is 9.89. The number of aromatic nitrogens is 1. The van der Waals surface area contributed by atoms with Gasteiger partial charge in [-0.3, -0.25) is 0 Å². The average molecular weight is 260 g/mol. The van der Waals surface area contributed by atoms with E-state index in [1.54, 1.807) is 0 Å². The summed E-state index contributed by atoms with van der Waals surface area (Å²) in [5.74, 6) is 2.89. The van der Waals surface area contributed by atoms with E-state index in [4.69, 9.17) is 11.6 Å². The molecule has 2 aliphatic carbocycles. The third-order valence-corrected chi connectivity index (χ3v) is 5.36. The molecule has 18 heavy (non-hydrogen) atoms. The van der Waals surface area contributed by atoms with E-state index in [1.165, 1.54) is 36.6 Å². The van der Waals surface area contributed by atoms with E-state index < -0.39 is 0 Å². The number of hydrogen-bond acceptors (Lipinski definition) is 0. The Balaban J connectivity index is 1.67. The molecular formula is C16H18ClN. The van der Waals surface area contributed by atoms with Gasteiger partial charge in [-0.1, -0.05) is 30.2 Å². The van der Waals surface area contributed by atoms with Crippen molar-refractivity contribution in [2.45, 2.75) is 32.2 Å². The van der Waals surface area contributed by atoms with Crippen molar-refractivity contribution < 1.29 is 0 Å². The summed E-state index contributed by atoms with van der Waals surface area (Å²) < 4.78 is 2.38. The summed E-state index contributed by atoms with van der Waals surface area (Å²) in [6, 6.07) is 8.38. The summed E-state index contributed by atoms with van der Waals surface area (Å²) in [7, 11) is 0. The Morgan fingerprint density at radius 3 is 2.89 bits per heavy atom. The normalized spacial score (nSPS) is 30.4. The zero-order chi connectivity index (χ0) is 12.1. The highest BCUT2D eigenvalue weighted by Crippen LogP contribution is 2.49. The summed E-state index contributed by atoms with van der Waals surface area (Å²) in [5, 5.41) is 2.16. The highest BCUT2D eigenvalue weighted by molar-refractivity contribution is 6.35. The SMILES string of the molecule is Clc1cccc2ccn(CC3CC4CCC3C4)c12. The number of para-hydroxylation sites is 1. The molecule has 0 radical (unpaired) electrons. The van der Waals surface area contributed by atoms with Gasteiger partial charge in [0.25, 0.3) is 0 Å². The van der Waals surface area contributed by atoms with Gasteiger partial charge in [0.1, 0.15) is 0 Å². The Morgan fingerprint density at radius 2 is 2.11 bits per heavy atom. The molecule has 0 spiro atoms. The van der Waals surface area contributed by atoms with Crippen molar-refractivity contribution in [2.24, 2.45) is 17.8 Å².